The topological polar surface area (TPSA) is 51.2 Å². The lowest BCUT2D eigenvalue weighted by Crippen LogP contribution is -2.31. The van der Waals surface area contributed by atoms with Gasteiger partial charge in [-0.2, -0.15) is 0 Å². The number of pyridine rings is 1. The largest absolute Gasteiger partial charge is 0.497 e. The molecule has 0 fully saturated rings. The van der Waals surface area contributed by atoms with E-state index >= 15 is 0 Å². The highest BCUT2D eigenvalue weighted by atomic mass is 32.2. The van der Waals surface area contributed by atoms with E-state index in [1.54, 1.807) is 24.9 Å². The highest BCUT2D eigenvalue weighted by molar-refractivity contribution is 7.99. The predicted octanol–water partition coefficient (Wildman–Crippen LogP) is 4.66. The van der Waals surface area contributed by atoms with Crippen molar-refractivity contribution in [2.24, 2.45) is 0 Å². The van der Waals surface area contributed by atoms with Crippen LogP contribution in [0.3, 0.4) is 0 Å². The summed E-state index contributed by atoms with van der Waals surface area (Å²) in [4.78, 5) is 18.5. The van der Waals surface area contributed by atoms with Gasteiger partial charge in [-0.3, -0.25) is 9.78 Å². The van der Waals surface area contributed by atoms with Gasteiger partial charge in [0.15, 0.2) is 0 Å². The molecule has 2 heterocycles. The number of rotatable bonds is 3. The van der Waals surface area contributed by atoms with Gasteiger partial charge in [-0.05, 0) is 55.3 Å². The molecule has 6 heteroatoms. The highest BCUT2D eigenvalue weighted by Crippen LogP contribution is 2.36. The van der Waals surface area contributed by atoms with Crippen LogP contribution in [0.1, 0.15) is 34.1 Å². The summed E-state index contributed by atoms with van der Waals surface area (Å²) in [5.74, 6) is 1.14. The SMILES string of the molecule is COc1ccc2cc(C(=O)N[C@@H]3CCSc4ccc(F)cc43)c(C)nc2c1. The van der Waals surface area contributed by atoms with Gasteiger partial charge in [0.25, 0.3) is 5.91 Å². The van der Waals surface area contributed by atoms with Crippen LogP contribution in [0, 0.1) is 12.7 Å². The second-order valence-corrected chi connectivity index (χ2v) is 7.66. The van der Waals surface area contributed by atoms with Crippen LogP contribution < -0.4 is 10.1 Å². The first-order valence-corrected chi connectivity index (χ1v) is 9.72. The molecule has 1 aliphatic rings. The number of nitrogens with one attached hydrogen (secondary N) is 1. The number of nitrogens with zero attached hydrogens (tertiary/aromatic N) is 1. The average molecular weight is 382 g/mol. The third kappa shape index (κ3) is 3.49. The Hall–Kier alpha value is -2.60. The summed E-state index contributed by atoms with van der Waals surface area (Å²) < 4.78 is 18.9. The quantitative estimate of drug-likeness (QED) is 0.716. The number of aromatic nitrogens is 1. The first-order chi connectivity index (χ1) is 13.0. The zero-order chi connectivity index (χ0) is 19.0. The first-order valence-electron chi connectivity index (χ1n) is 8.73. The zero-order valence-corrected chi connectivity index (χ0v) is 15.9. The van der Waals surface area contributed by atoms with Crippen molar-refractivity contribution >= 4 is 28.6 Å². The van der Waals surface area contributed by atoms with Crippen molar-refractivity contribution in [3.8, 4) is 5.75 Å². The summed E-state index contributed by atoms with van der Waals surface area (Å²) in [6.07, 6.45) is 0.768. The number of halogens is 1. The maximum atomic E-state index is 13.7. The molecular weight excluding hydrogens is 363 g/mol. The fourth-order valence-corrected chi connectivity index (χ4v) is 4.46. The van der Waals surface area contributed by atoms with Crippen molar-refractivity contribution in [2.75, 3.05) is 12.9 Å². The number of benzene rings is 2. The number of carbonyl (C=O) groups is 1. The van der Waals surface area contributed by atoms with E-state index in [1.165, 1.54) is 12.1 Å². The molecule has 138 valence electrons. The molecule has 27 heavy (non-hydrogen) atoms. The molecule has 0 unspecified atom stereocenters. The molecule has 1 aromatic heterocycles. The molecule has 4 nitrogen and oxygen atoms in total. The van der Waals surface area contributed by atoms with Gasteiger partial charge in [0.1, 0.15) is 11.6 Å². The molecule has 0 aliphatic carbocycles. The minimum atomic E-state index is -0.284. The number of amides is 1. The molecule has 0 radical (unpaired) electrons. The summed E-state index contributed by atoms with van der Waals surface area (Å²) in [5, 5.41) is 3.94. The van der Waals surface area contributed by atoms with Crippen LogP contribution in [0.4, 0.5) is 4.39 Å². The smallest absolute Gasteiger partial charge is 0.253 e. The zero-order valence-electron chi connectivity index (χ0n) is 15.1. The number of fused-ring (bicyclic) bond motifs is 2. The molecule has 3 aromatic rings. The van der Waals surface area contributed by atoms with E-state index in [-0.39, 0.29) is 17.8 Å². The molecule has 1 aliphatic heterocycles. The fourth-order valence-electron chi connectivity index (χ4n) is 3.35. The summed E-state index contributed by atoms with van der Waals surface area (Å²) in [6, 6.07) is 12.0. The molecule has 1 amide bonds. The number of hydrogen-bond acceptors (Lipinski definition) is 4. The standard InChI is InChI=1S/C21H19FN2O2S/c1-12-16(9-13-3-5-15(26-2)11-19(13)23-12)21(25)24-18-7-8-27-20-6-4-14(22)10-17(18)20/h3-6,9-11,18H,7-8H2,1-2H3,(H,24,25)/t18-/m1/s1. The molecule has 0 bridgehead atoms. The van der Waals surface area contributed by atoms with Crippen LogP contribution in [0.15, 0.2) is 47.4 Å². The third-order valence-electron chi connectivity index (χ3n) is 4.78. The number of hydrogen-bond donors (Lipinski definition) is 1. The minimum Gasteiger partial charge on any atom is -0.497 e. The Morgan fingerprint density at radius 2 is 2.11 bits per heavy atom. The lowest BCUT2D eigenvalue weighted by Gasteiger charge is -2.26. The van der Waals surface area contributed by atoms with E-state index in [0.717, 1.165) is 39.3 Å². The van der Waals surface area contributed by atoms with E-state index in [4.69, 9.17) is 4.74 Å². The summed E-state index contributed by atoms with van der Waals surface area (Å²) in [6.45, 7) is 1.82. The van der Waals surface area contributed by atoms with Crippen LogP contribution in [0.25, 0.3) is 10.9 Å². The Labute approximate surface area is 161 Å². The lowest BCUT2D eigenvalue weighted by atomic mass is 10.0. The molecule has 0 spiro atoms. The normalized spacial score (nSPS) is 16.0. The van der Waals surface area contributed by atoms with Gasteiger partial charge in [0, 0.05) is 22.1 Å². The van der Waals surface area contributed by atoms with E-state index in [0.29, 0.717) is 11.3 Å². The first kappa shape index (κ1) is 17.8. The molecule has 4 rings (SSSR count). The number of ether oxygens (including phenoxy) is 1. The van der Waals surface area contributed by atoms with E-state index in [1.807, 2.05) is 31.2 Å². The van der Waals surface area contributed by atoms with Gasteiger partial charge in [-0.25, -0.2) is 4.39 Å². The van der Waals surface area contributed by atoms with Gasteiger partial charge >= 0.3 is 0 Å². The average Bonchev–Trinajstić information content (AvgIpc) is 2.67. The monoisotopic (exact) mass is 382 g/mol. The Balaban J connectivity index is 1.64. The summed E-state index contributed by atoms with van der Waals surface area (Å²) >= 11 is 1.69. The van der Waals surface area contributed by atoms with Crippen LogP contribution in [-0.2, 0) is 0 Å². The Bertz CT molecular complexity index is 1040. The van der Waals surface area contributed by atoms with E-state index in [2.05, 4.69) is 10.3 Å². The van der Waals surface area contributed by atoms with Gasteiger partial charge in [-0.1, -0.05) is 0 Å². The predicted molar refractivity (Wildman–Crippen MR) is 105 cm³/mol. The summed E-state index contributed by atoms with van der Waals surface area (Å²) in [7, 11) is 1.61. The van der Waals surface area contributed by atoms with Gasteiger partial charge in [0.05, 0.1) is 29.9 Å². The molecule has 1 atom stereocenters. The molecule has 1 N–H and O–H groups in total. The Morgan fingerprint density at radius 3 is 2.93 bits per heavy atom. The number of thioether (sulfide) groups is 1. The van der Waals surface area contributed by atoms with Crippen molar-refractivity contribution in [1.82, 2.24) is 10.3 Å². The van der Waals surface area contributed by atoms with Gasteiger partial charge in [-0.15, -0.1) is 11.8 Å². The van der Waals surface area contributed by atoms with Crippen molar-refractivity contribution in [3.63, 3.8) is 0 Å². The molecular formula is C21H19FN2O2S. The Kier molecular flexibility index (Phi) is 4.74. The summed E-state index contributed by atoms with van der Waals surface area (Å²) in [5.41, 5.74) is 2.81. The maximum absolute atomic E-state index is 13.7. The highest BCUT2D eigenvalue weighted by Gasteiger charge is 2.24. The number of aryl methyl sites for hydroxylation is 1. The van der Waals surface area contributed by atoms with E-state index in [9.17, 15) is 9.18 Å². The Morgan fingerprint density at radius 1 is 1.26 bits per heavy atom. The van der Waals surface area contributed by atoms with Gasteiger partial charge < -0.3 is 10.1 Å². The number of methoxy groups -OCH3 is 1. The molecule has 0 saturated carbocycles. The van der Waals surface area contributed by atoms with Crippen LogP contribution >= 0.6 is 11.8 Å². The van der Waals surface area contributed by atoms with Crippen LogP contribution in [-0.4, -0.2) is 23.8 Å². The van der Waals surface area contributed by atoms with Crippen molar-refractivity contribution in [3.05, 3.63) is 65.1 Å². The van der Waals surface area contributed by atoms with Crippen molar-refractivity contribution in [2.45, 2.75) is 24.3 Å². The van der Waals surface area contributed by atoms with Crippen LogP contribution in [0.5, 0.6) is 5.75 Å². The number of carbonyl (C=O) groups excluding carboxylic acids is 1. The van der Waals surface area contributed by atoms with Crippen molar-refractivity contribution < 1.29 is 13.9 Å². The van der Waals surface area contributed by atoms with Gasteiger partial charge in [0.2, 0.25) is 0 Å². The molecule has 2 aromatic carbocycles. The molecule has 0 saturated heterocycles. The lowest BCUT2D eigenvalue weighted by molar-refractivity contribution is 0.0934. The minimum absolute atomic E-state index is 0.190. The second-order valence-electron chi connectivity index (χ2n) is 6.53. The van der Waals surface area contributed by atoms with Crippen molar-refractivity contribution in [1.29, 1.82) is 0 Å². The van der Waals surface area contributed by atoms with Crippen LogP contribution in [0.2, 0.25) is 0 Å². The third-order valence-corrected chi connectivity index (χ3v) is 5.90. The van der Waals surface area contributed by atoms with E-state index < -0.39 is 0 Å². The maximum Gasteiger partial charge on any atom is 0.253 e. The fraction of sp³-hybridized carbons (Fsp3) is 0.238. The second kappa shape index (κ2) is 7.19.